The minimum absolute atomic E-state index is 0.0476. The second-order valence-corrected chi connectivity index (χ2v) is 6.44. The molecule has 1 saturated heterocycles. The van der Waals surface area contributed by atoms with E-state index in [9.17, 15) is 9.90 Å². The molecule has 2 aliphatic heterocycles. The quantitative estimate of drug-likeness (QED) is 0.928. The number of benzene rings is 2. The number of hydrogen-bond acceptors (Lipinski definition) is 5. The number of methoxy groups -OCH3 is 1. The van der Waals surface area contributed by atoms with E-state index in [2.05, 4.69) is 9.89 Å². The molecule has 0 aliphatic carbocycles. The minimum Gasteiger partial charge on any atom is -0.508 e. The molecule has 128 valence electrons. The molecular formula is C20H20N2O3. The zero-order valence-corrected chi connectivity index (χ0v) is 14.2. The maximum Gasteiger partial charge on any atom is 0.171 e. The topological polar surface area (TPSA) is 62.1 Å². The Balaban J connectivity index is 1.75. The Morgan fingerprint density at radius 3 is 2.64 bits per heavy atom. The van der Waals surface area contributed by atoms with Crippen molar-refractivity contribution >= 4 is 22.9 Å². The van der Waals surface area contributed by atoms with Gasteiger partial charge in [0.25, 0.3) is 0 Å². The highest BCUT2D eigenvalue weighted by atomic mass is 16.5. The second-order valence-electron chi connectivity index (χ2n) is 6.44. The summed E-state index contributed by atoms with van der Waals surface area (Å²) < 4.78 is 5.35. The van der Waals surface area contributed by atoms with E-state index >= 15 is 0 Å². The summed E-state index contributed by atoms with van der Waals surface area (Å²) >= 11 is 0. The fourth-order valence-corrected chi connectivity index (χ4v) is 3.53. The Bertz CT molecular complexity index is 867. The molecule has 2 heterocycles. The van der Waals surface area contributed by atoms with Crippen LogP contribution in [0.1, 0.15) is 35.2 Å². The maximum absolute atomic E-state index is 12.7. The number of anilines is 1. The molecule has 0 aromatic heterocycles. The van der Waals surface area contributed by atoms with E-state index in [1.165, 1.54) is 12.8 Å². The van der Waals surface area contributed by atoms with Crippen LogP contribution in [0.15, 0.2) is 41.4 Å². The average Bonchev–Trinajstić information content (AvgIpc) is 3.16. The molecule has 4 rings (SSSR count). The van der Waals surface area contributed by atoms with Gasteiger partial charge in [-0.1, -0.05) is 0 Å². The van der Waals surface area contributed by atoms with Gasteiger partial charge in [0.15, 0.2) is 5.78 Å². The number of Topliss-reactive ketones (excluding diaryl/α,β-unsaturated/α-hetero) is 1. The maximum atomic E-state index is 12.7. The van der Waals surface area contributed by atoms with Crippen LogP contribution in [0.5, 0.6) is 11.5 Å². The van der Waals surface area contributed by atoms with E-state index < -0.39 is 0 Å². The molecule has 25 heavy (non-hydrogen) atoms. The summed E-state index contributed by atoms with van der Waals surface area (Å²) in [5.74, 6) is 0.772. The van der Waals surface area contributed by atoms with Crippen LogP contribution in [0.3, 0.4) is 0 Å². The molecule has 1 N–H and O–H groups in total. The van der Waals surface area contributed by atoms with Crippen molar-refractivity contribution in [3.05, 3.63) is 47.5 Å². The Morgan fingerprint density at radius 2 is 1.88 bits per heavy atom. The largest absolute Gasteiger partial charge is 0.508 e. The Morgan fingerprint density at radius 1 is 1.08 bits per heavy atom. The molecule has 0 bridgehead atoms. The fraction of sp³-hybridized carbons (Fsp3) is 0.300. The van der Waals surface area contributed by atoms with Crippen molar-refractivity contribution in [3.63, 3.8) is 0 Å². The van der Waals surface area contributed by atoms with E-state index in [4.69, 9.17) is 4.74 Å². The van der Waals surface area contributed by atoms with E-state index in [0.29, 0.717) is 28.3 Å². The first-order chi connectivity index (χ1) is 12.2. The van der Waals surface area contributed by atoms with Gasteiger partial charge in [0.1, 0.15) is 11.5 Å². The molecule has 0 spiro atoms. The summed E-state index contributed by atoms with van der Waals surface area (Å²) in [4.78, 5) is 19.7. The molecule has 1 fully saturated rings. The number of carbonyl (C=O) groups excluding carboxylic acids is 1. The molecule has 0 atom stereocenters. The van der Waals surface area contributed by atoms with Crippen molar-refractivity contribution in [2.45, 2.75) is 19.3 Å². The first-order valence-corrected chi connectivity index (χ1v) is 8.53. The first-order valence-electron chi connectivity index (χ1n) is 8.53. The number of rotatable bonds is 3. The Kier molecular flexibility index (Phi) is 3.92. The third-order valence-electron chi connectivity index (χ3n) is 4.83. The number of carbonyl (C=O) groups is 1. The smallest absolute Gasteiger partial charge is 0.171 e. The number of fused-ring (bicyclic) bond motifs is 1. The highest BCUT2D eigenvalue weighted by Crippen LogP contribution is 2.34. The van der Waals surface area contributed by atoms with E-state index in [-0.39, 0.29) is 18.0 Å². The van der Waals surface area contributed by atoms with Crippen LogP contribution in [0.2, 0.25) is 0 Å². The number of hydrogen-bond donors (Lipinski definition) is 1. The van der Waals surface area contributed by atoms with Crippen LogP contribution < -0.4 is 9.64 Å². The van der Waals surface area contributed by atoms with Crippen molar-refractivity contribution in [2.24, 2.45) is 4.99 Å². The lowest BCUT2D eigenvalue weighted by Crippen LogP contribution is -2.19. The predicted molar refractivity (Wildman–Crippen MR) is 97.7 cm³/mol. The minimum atomic E-state index is 0.0476. The number of phenols is 1. The van der Waals surface area contributed by atoms with Crippen molar-refractivity contribution < 1.29 is 14.6 Å². The number of aromatic hydroxyl groups is 1. The van der Waals surface area contributed by atoms with Gasteiger partial charge in [-0.3, -0.25) is 9.79 Å². The van der Waals surface area contributed by atoms with E-state index in [0.717, 1.165) is 18.8 Å². The molecule has 2 aliphatic rings. The second kappa shape index (κ2) is 6.24. The summed E-state index contributed by atoms with van der Waals surface area (Å²) in [5, 5.41) is 9.78. The zero-order chi connectivity index (χ0) is 17.4. The van der Waals surface area contributed by atoms with Crippen LogP contribution >= 0.6 is 0 Å². The first kappa shape index (κ1) is 15.7. The van der Waals surface area contributed by atoms with Crippen LogP contribution in [0.25, 0.3) is 0 Å². The predicted octanol–water partition coefficient (Wildman–Crippen LogP) is 3.71. The monoisotopic (exact) mass is 336 g/mol. The van der Waals surface area contributed by atoms with Gasteiger partial charge in [0.2, 0.25) is 0 Å². The van der Waals surface area contributed by atoms with Crippen molar-refractivity contribution in [2.75, 3.05) is 25.1 Å². The van der Waals surface area contributed by atoms with Gasteiger partial charge in [0.05, 0.1) is 24.9 Å². The molecule has 5 nitrogen and oxygen atoms in total. The summed E-state index contributed by atoms with van der Waals surface area (Å²) in [6, 6.07) is 10.7. The van der Waals surface area contributed by atoms with E-state index in [1.807, 2.05) is 18.2 Å². The van der Waals surface area contributed by atoms with Gasteiger partial charge in [-0.2, -0.15) is 0 Å². The van der Waals surface area contributed by atoms with E-state index in [1.54, 1.807) is 25.3 Å². The molecule has 0 unspecified atom stereocenters. The van der Waals surface area contributed by atoms with Crippen molar-refractivity contribution in [1.82, 2.24) is 0 Å². The zero-order valence-electron chi connectivity index (χ0n) is 14.2. The lowest BCUT2D eigenvalue weighted by atomic mass is 9.95. The number of ether oxygens (including phenoxy) is 1. The standard InChI is InChI=1S/C20H20N2O3/c1-25-20-7-5-14(23)11-16(20)18-12-19(24)15-10-13(4-6-17(15)21-18)22-8-2-3-9-22/h4-7,10-11,23H,2-3,8-9,12H2,1H3. The number of nitrogens with zero attached hydrogens (tertiary/aromatic N) is 2. The third-order valence-corrected chi connectivity index (χ3v) is 4.83. The van der Waals surface area contributed by atoms with Gasteiger partial charge >= 0.3 is 0 Å². The lowest BCUT2D eigenvalue weighted by Gasteiger charge is -2.21. The van der Waals surface area contributed by atoms with Crippen molar-refractivity contribution in [1.29, 1.82) is 0 Å². The molecule has 0 saturated carbocycles. The molecule has 0 radical (unpaired) electrons. The summed E-state index contributed by atoms with van der Waals surface area (Å²) in [6.45, 7) is 2.09. The highest BCUT2D eigenvalue weighted by Gasteiger charge is 2.24. The Labute approximate surface area is 146 Å². The van der Waals surface area contributed by atoms with Gasteiger partial charge < -0.3 is 14.7 Å². The summed E-state index contributed by atoms with van der Waals surface area (Å²) in [6.07, 6.45) is 2.60. The number of ketones is 1. The summed E-state index contributed by atoms with van der Waals surface area (Å²) in [7, 11) is 1.57. The Hall–Kier alpha value is -2.82. The summed E-state index contributed by atoms with van der Waals surface area (Å²) in [5.41, 5.74) is 3.73. The van der Waals surface area contributed by atoms with Gasteiger partial charge in [-0.05, 0) is 49.2 Å². The SMILES string of the molecule is COc1ccc(O)cc1C1=Nc2ccc(N3CCCC3)cc2C(=O)C1. The van der Waals surface area contributed by atoms with Crippen molar-refractivity contribution in [3.8, 4) is 11.5 Å². The van der Waals surface area contributed by atoms with Crippen LogP contribution in [0.4, 0.5) is 11.4 Å². The highest BCUT2D eigenvalue weighted by molar-refractivity contribution is 6.22. The number of phenolic OH excluding ortho intramolecular Hbond substituents is 1. The van der Waals surface area contributed by atoms with Crippen LogP contribution in [-0.2, 0) is 0 Å². The van der Waals surface area contributed by atoms with Gasteiger partial charge in [-0.15, -0.1) is 0 Å². The van der Waals surface area contributed by atoms with Crippen LogP contribution in [-0.4, -0.2) is 36.8 Å². The van der Waals surface area contributed by atoms with Crippen LogP contribution in [0, 0.1) is 0 Å². The average molecular weight is 336 g/mol. The normalized spacial score (nSPS) is 16.6. The molecular weight excluding hydrogens is 316 g/mol. The fourth-order valence-electron chi connectivity index (χ4n) is 3.53. The third kappa shape index (κ3) is 2.86. The lowest BCUT2D eigenvalue weighted by molar-refractivity contribution is 0.1000. The number of aliphatic imine (C=N–C) groups is 1. The molecule has 0 amide bonds. The van der Waals surface area contributed by atoms with Gasteiger partial charge in [0, 0.05) is 29.9 Å². The molecule has 5 heteroatoms. The van der Waals surface area contributed by atoms with Gasteiger partial charge in [-0.25, -0.2) is 0 Å². The molecule has 2 aromatic rings. The molecule has 2 aromatic carbocycles.